The molecule has 0 bridgehead atoms. The Bertz CT molecular complexity index is 458. The first-order valence-electron chi connectivity index (χ1n) is 5.97. The zero-order valence-electron chi connectivity index (χ0n) is 9.96. The van der Waals surface area contributed by atoms with Gasteiger partial charge in [0, 0.05) is 30.9 Å². The molecule has 0 saturated carbocycles. The van der Waals surface area contributed by atoms with Crippen LogP contribution in [0.2, 0.25) is 0 Å². The number of likely N-dealkylation sites (tertiary alicyclic amines) is 1. The summed E-state index contributed by atoms with van der Waals surface area (Å²) in [6.07, 6.45) is 3.55. The van der Waals surface area contributed by atoms with Crippen LogP contribution in [0.3, 0.4) is 0 Å². The number of thiocarbonyl (C=S) groups is 1. The average Bonchev–Trinajstić information content (AvgIpc) is 2.40. The van der Waals surface area contributed by atoms with Gasteiger partial charge >= 0.3 is 0 Å². The molecule has 1 N–H and O–H groups in total. The Balaban J connectivity index is 2.02. The molecule has 0 aliphatic carbocycles. The van der Waals surface area contributed by atoms with Crippen molar-refractivity contribution in [2.75, 3.05) is 18.4 Å². The fourth-order valence-electron chi connectivity index (χ4n) is 2.00. The Hall–Kier alpha value is -1.69. The summed E-state index contributed by atoms with van der Waals surface area (Å²) in [4.78, 5) is 12.4. The van der Waals surface area contributed by atoms with Crippen LogP contribution in [0, 0.1) is 10.1 Å². The maximum atomic E-state index is 10.7. The van der Waals surface area contributed by atoms with Gasteiger partial charge in [-0.1, -0.05) is 6.07 Å². The molecule has 6 heteroatoms. The number of anilines is 1. The summed E-state index contributed by atoms with van der Waals surface area (Å²) in [5.74, 6) is 0. The number of benzene rings is 1. The van der Waals surface area contributed by atoms with Crippen LogP contribution in [0.4, 0.5) is 11.4 Å². The van der Waals surface area contributed by atoms with E-state index in [4.69, 9.17) is 12.2 Å². The van der Waals surface area contributed by atoms with Gasteiger partial charge in [-0.05, 0) is 37.5 Å². The first-order chi connectivity index (χ1) is 8.66. The highest BCUT2D eigenvalue weighted by atomic mass is 32.1. The summed E-state index contributed by atoms with van der Waals surface area (Å²) in [5, 5.41) is 14.4. The Labute approximate surface area is 111 Å². The Morgan fingerprint density at radius 3 is 2.72 bits per heavy atom. The molecule has 0 spiro atoms. The molecule has 18 heavy (non-hydrogen) atoms. The Morgan fingerprint density at radius 2 is 2.06 bits per heavy atom. The topological polar surface area (TPSA) is 58.4 Å². The predicted octanol–water partition coefficient (Wildman–Crippen LogP) is 2.78. The van der Waals surface area contributed by atoms with Crippen LogP contribution in [0.15, 0.2) is 24.3 Å². The maximum absolute atomic E-state index is 10.7. The van der Waals surface area contributed by atoms with Crippen molar-refractivity contribution in [3.8, 4) is 0 Å². The van der Waals surface area contributed by atoms with Crippen molar-refractivity contribution in [1.29, 1.82) is 0 Å². The monoisotopic (exact) mass is 265 g/mol. The van der Waals surface area contributed by atoms with Crippen LogP contribution in [-0.2, 0) is 0 Å². The lowest BCUT2D eigenvalue weighted by molar-refractivity contribution is -0.384. The lowest BCUT2D eigenvalue weighted by atomic mass is 10.1. The molecule has 96 valence electrons. The first kappa shape index (κ1) is 12.8. The van der Waals surface area contributed by atoms with Crippen molar-refractivity contribution in [2.45, 2.75) is 19.3 Å². The molecular weight excluding hydrogens is 250 g/mol. The van der Waals surface area contributed by atoms with E-state index >= 15 is 0 Å². The van der Waals surface area contributed by atoms with E-state index in [9.17, 15) is 10.1 Å². The van der Waals surface area contributed by atoms with Crippen LogP contribution in [0.5, 0.6) is 0 Å². The molecule has 1 heterocycles. The van der Waals surface area contributed by atoms with Crippen LogP contribution in [-0.4, -0.2) is 28.0 Å². The average molecular weight is 265 g/mol. The van der Waals surface area contributed by atoms with Gasteiger partial charge in [-0.15, -0.1) is 0 Å². The highest BCUT2D eigenvalue weighted by Crippen LogP contribution is 2.18. The van der Waals surface area contributed by atoms with Gasteiger partial charge in [-0.2, -0.15) is 0 Å². The molecule has 2 rings (SSSR count). The molecule has 0 amide bonds. The highest BCUT2D eigenvalue weighted by Gasteiger charge is 2.14. The number of non-ortho nitro benzene ring substituents is 1. The van der Waals surface area contributed by atoms with Crippen LogP contribution in [0.25, 0.3) is 0 Å². The smallest absolute Gasteiger partial charge is 0.271 e. The molecule has 0 radical (unpaired) electrons. The number of nitro benzene ring substituents is 1. The summed E-state index contributed by atoms with van der Waals surface area (Å²) < 4.78 is 0. The fraction of sp³-hybridized carbons (Fsp3) is 0.417. The van der Waals surface area contributed by atoms with Gasteiger partial charge in [0.05, 0.1) is 4.92 Å². The second-order valence-corrected chi connectivity index (χ2v) is 4.67. The van der Waals surface area contributed by atoms with Crippen molar-refractivity contribution in [3.05, 3.63) is 34.4 Å². The van der Waals surface area contributed by atoms with Crippen molar-refractivity contribution >= 4 is 28.7 Å². The third-order valence-electron chi connectivity index (χ3n) is 2.95. The number of rotatable bonds is 2. The van der Waals surface area contributed by atoms with E-state index in [0.717, 1.165) is 25.9 Å². The first-order valence-corrected chi connectivity index (χ1v) is 6.38. The molecule has 1 fully saturated rings. The number of nitrogens with one attached hydrogen (secondary N) is 1. The van der Waals surface area contributed by atoms with Gasteiger partial charge < -0.3 is 10.2 Å². The van der Waals surface area contributed by atoms with Crippen LogP contribution >= 0.6 is 12.2 Å². The van der Waals surface area contributed by atoms with Crippen molar-refractivity contribution in [3.63, 3.8) is 0 Å². The van der Waals surface area contributed by atoms with E-state index in [-0.39, 0.29) is 5.69 Å². The maximum Gasteiger partial charge on any atom is 0.271 e. The van der Waals surface area contributed by atoms with Gasteiger partial charge in [-0.3, -0.25) is 10.1 Å². The predicted molar refractivity (Wildman–Crippen MR) is 74.7 cm³/mol. The molecular formula is C12H15N3O2S. The van der Waals surface area contributed by atoms with E-state index < -0.39 is 4.92 Å². The molecule has 0 aromatic heterocycles. The van der Waals surface area contributed by atoms with Gasteiger partial charge in [0.2, 0.25) is 0 Å². The van der Waals surface area contributed by atoms with Crippen LogP contribution < -0.4 is 5.32 Å². The summed E-state index contributed by atoms with van der Waals surface area (Å²) in [7, 11) is 0. The van der Waals surface area contributed by atoms with E-state index in [0.29, 0.717) is 10.8 Å². The number of hydrogen-bond acceptors (Lipinski definition) is 3. The summed E-state index contributed by atoms with van der Waals surface area (Å²) in [6, 6.07) is 6.40. The molecule has 0 atom stereocenters. The molecule has 1 aromatic rings. The van der Waals surface area contributed by atoms with E-state index in [2.05, 4.69) is 10.2 Å². The van der Waals surface area contributed by atoms with E-state index in [1.54, 1.807) is 12.1 Å². The van der Waals surface area contributed by atoms with Crippen molar-refractivity contribution in [1.82, 2.24) is 4.90 Å². The normalized spacial score (nSPS) is 15.2. The minimum Gasteiger partial charge on any atom is -0.349 e. The molecule has 1 saturated heterocycles. The number of piperidine rings is 1. The quantitative estimate of drug-likeness (QED) is 0.506. The fourth-order valence-corrected chi connectivity index (χ4v) is 2.30. The SMILES string of the molecule is O=[N+]([O-])c1cccc(NC(=S)N2CCCCC2)c1. The van der Waals surface area contributed by atoms with E-state index in [1.165, 1.54) is 18.6 Å². The van der Waals surface area contributed by atoms with Gasteiger partial charge in [0.15, 0.2) is 5.11 Å². The number of nitrogens with zero attached hydrogens (tertiary/aromatic N) is 2. The standard InChI is InChI=1S/C12H15N3O2S/c16-15(17)11-6-4-5-10(9-11)13-12(18)14-7-2-1-3-8-14/h4-6,9H,1-3,7-8H2,(H,13,18). The third-order valence-corrected chi connectivity index (χ3v) is 3.31. The molecule has 0 unspecified atom stereocenters. The number of hydrogen-bond donors (Lipinski definition) is 1. The molecule has 1 aromatic carbocycles. The van der Waals surface area contributed by atoms with E-state index in [1.807, 2.05) is 0 Å². The number of nitro groups is 1. The molecule has 1 aliphatic heterocycles. The summed E-state index contributed by atoms with van der Waals surface area (Å²) >= 11 is 5.31. The van der Waals surface area contributed by atoms with Crippen molar-refractivity contribution in [2.24, 2.45) is 0 Å². The largest absolute Gasteiger partial charge is 0.349 e. The van der Waals surface area contributed by atoms with Gasteiger partial charge in [0.25, 0.3) is 5.69 Å². The zero-order chi connectivity index (χ0) is 13.0. The third kappa shape index (κ3) is 3.16. The van der Waals surface area contributed by atoms with Gasteiger partial charge in [-0.25, -0.2) is 0 Å². The Kier molecular flexibility index (Phi) is 4.09. The zero-order valence-corrected chi connectivity index (χ0v) is 10.8. The van der Waals surface area contributed by atoms with Crippen LogP contribution in [0.1, 0.15) is 19.3 Å². The summed E-state index contributed by atoms with van der Waals surface area (Å²) in [6.45, 7) is 1.92. The summed E-state index contributed by atoms with van der Waals surface area (Å²) in [5.41, 5.74) is 0.737. The van der Waals surface area contributed by atoms with Gasteiger partial charge in [0.1, 0.15) is 0 Å². The second-order valence-electron chi connectivity index (χ2n) is 4.29. The molecule has 5 nitrogen and oxygen atoms in total. The lowest BCUT2D eigenvalue weighted by Crippen LogP contribution is -2.38. The minimum absolute atomic E-state index is 0.0708. The lowest BCUT2D eigenvalue weighted by Gasteiger charge is -2.29. The Morgan fingerprint density at radius 1 is 1.33 bits per heavy atom. The van der Waals surface area contributed by atoms with Crippen molar-refractivity contribution < 1.29 is 4.92 Å². The molecule has 1 aliphatic rings. The minimum atomic E-state index is -0.408. The highest BCUT2D eigenvalue weighted by molar-refractivity contribution is 7.80. The second kappa shape index (κ2) is 5.77.